The Morgan fingerprint density at radius 1 is 0.955 bits per heavy atom. The summed E-state index contributed by atoms with van der Waals surface area (Å²) in [7, 11) is 3.29. The molecule has 2 atom stereocenters. The highest BCUT2D eigenvalue weighted by molar-refractivity contribution is 5.46. The molecule has 2 aromatic rings. The van der Waals surface area contributed by atoms with Crippen LogP contribution in [-0.2, 0) is 0 Å². The first-order valence-electron chi connectivity index (χ1n) is 7.68. The van der Waals surface area contributed by atoms with E-state index in [0.717, 1.165) is 29.0 Å². The maximum atomic E-state index is 6.42. The van der Waals surface area contributed by atoms with Gasteiger partial charge in [-0.3, -0.25) is 0 Å². The van der Waals surface area contributed by atoms with Gasteiger partial charge < -0.3 is 15.2 Å². The molecule has 2 rings (SSSR count). The molecule has 3 heteroatoms. The van der Waals surface area contributed by atoms with E-state index in [2.05, 4.69) is 38.1 Å². The van der Waals surface area contributed by atoms with Crippen molar-refractivity contribution in [2.75, 3.05) is 14.2 Å². The van der Waals surface area contributed by atoms with Crippen molar-refractivity contribution in [1.29, 1.82) is 0 Å². The molecular formula is C19H25NO2. The minimum atomic E-state index is -0.216. The third-order valence-electron chi connectivity index (χ3n) is 4.25. The molecule has 118 valence electrons. The van der Waals surface area contributed by atoms with Gasteiger partial charge >= 0.3 is 0 Å². The van der Waals surface area contributed by atoms with E-state index < -0.39 is 0 Å². The van der Waals surface area contributed by atoms with Crippen molar-refractivity contribution in [2.45, 2.75) is 32.2 Å². The minimum absolute atomic E-state index is 0.216. The van der Waals surface area contributed by atoms with Crippen LogP contribution >= 0.6 is 0 Å². The summed E-state index contributed by atoms with van der Waals surface area (Å²) in [5, 5.41) is 0. The normalized spacial score (nSPS) is 13.5. The number of rotatable bonds is 6. The summed E-state index contributed by atoms with van der Waals surface area (Å²) in [6, 6.07) is 14.1. The van der Waals surface area contributed by atoms with Crippen molar-refractivity contribution in [3.05, 3.63) is 59.2 Å². The smallest absolute Gasteiger partial charge is 0.127 e. The second kappa shape index (κ2) is 7.32. The lowest BCUT2D eigenvalue weighted by Gasteiger charge is -2.18. The van der Waals surface area contributed by atoms with Gasteiger partial charge in [-0.05, 0) is 35.6 Å². The number of methoxy groups -OCH3 is 2. The van der Waals surface area contributed by atoms with E-state index in [4.69, 9.17) is 15.2 Å². The summed E-state index contributed by atoms with van der Waals surface area (Å²) in [4.78, 5) is 0. The molecule has 0 heterocycles. The zero-order valence-electron chi connectivity index (χ0n) is 13.8. The van der Waals surface area contributed by atoms with Crippen molar-refractivity contribution in [3.8, 4) is 11.5 Å². The summed E-state index contributed by atoms with van der Waals surface area (Å²) in [5.41, 5.74) is 9.81. The molecule has 0 fully saturated rings. The fraction of sp³-hybridized carbons (Fsp3) is 0.368. The lowest BCUT2D eigenvalue weighted by Crippen LogP contribution is -2.13. The highest BCUT2D eigenvalue weighted by atomic mass is 16.5. The van der Waals surface area contributed by atoms with Gasteiger partial charge in [0.15, 0.2) is 0 Å². The molecule has 0 aliphatic rings. The van der Waals surface area contributed by atoms with Gasteiger partial charge in [0.25, 0.3) is 0 Å². The van der Waals surface area contributed by atoms with Crippen molar-refractivity contribution in [2.24, 2.45) is 5.73 Å². The molecule has 3 nitrogen and oxygen atoms in total. The molecule has 0 saturated heterocycles. The quantitative estimate of drug-likeness (QED) is 0.866. The van der Waals surface area contributed by atoms with Crippen LogP contribution in [0.5, 0.6) is 11.5 Å². The first-order valence-corrected chi connectivity index (χ1v) is 7.68. The third kappa shape index (κ3) is 3.42. The molecule has 0 amide bonds. The second-order valence-electron chi connectivity index (χ2n) is 5.56. The largest absolute Gasteiger partial charge is 0.497 e. The Morgan fingerprint density at radius 3 is 2.14 bits per heavy atom. The summed E-state index contributed by atoms with van der Waals surface area (Å²) in [6.07, 6.45) is 1.14. The minimum Gasteiger partial charge on any atom is -0.497 e. The van der Waals surface area contributed by atoms with Gasteiger partial charge in [-0.25, -0.2) is 0 Å². The van der Waals surface area contributed by atoms with Crippen LogP contribution in [0.2, 0.25) is 0 Å². The van der Waals surface area contributed by atoms with E-state index >= 15 is 0 Å². The first-order chi connectivity index (χ1) is 10.6. The maximum absolute atomic E-state index is 6.42. The topological polar surface area (TPSA) is 44.5 Å². The monoisotopic (exact) mass is 299 g/mol. The van der Waals surface area contributed by atoms with Gasteiger partial charge in [0.05, 0.1) is 20.3 Å². The molecule has 0 aliphatic heterocycles. The van der Waals surface area contributed by atoms with Crippen LogP contribution in [0.15, 0.2) is 42.5 Å². The fourth-order valence-corrected chi connectivity index (χ4v) is 2.52. The van der Waals surface area contributed by atoms with Crippen LogP contribution in [0.4, 0.5) is 0 Å². The lowest BCUT2D eigenvalue weighted by molar-refractivity contribution is 0.390. The summed E-state index contributed by atoms with van der Waals surface area (Å²) >= 11 is 0. The Hall–Kier alpha value is -2.00. The van der Waals surface area contributed by atoms with E-state index in [1.165, 1.54) is 5.56 Å². The molecule has 0 aliphatic carbocycles. The molecule has 2 aromatic carbocycles. The van der Waals surface area contributed by atoms with E-state index in [1.54, 1.807) is 14.2 Å². The van der Waals surface area contributed by atoms with Gasteiger partial charge in [0.1, 0.15) is 11.5 Å². The average Bonchev–Trinajstić information content (AvgIpc) is 2.59. The summed E-state index contributed by atoms with van der Waals surface area (Å²) in [5.74, 6) is 2.08. The number of ether oxygens (including phenoxy) is 2. The Labute approximate surface area is 133 Å². The van der Waals surface area contributed by atoms with Gasteiger partial charge in [-0.15, -0.1) is 0 Å². The Balaban J connectivity index is 2.29. The summed E-state index contributed by atoms with van der Waals surface area (Å²) < 4.78 is 10.7. The van der Waals surface area contributed by atoms with Crippen LogP contribution in [0.25, 0.3) is 0 Å². The average molecular weight is 299 g/mol. The molecule has 0 bridgehead atoms. The molecule has 0 saturated carbocycles. The first kappa shape index (κ1) is 16.4. The van der Waals surface area contributed by atoms with Crippen LogP contribution in [0, 0.1) is 0 Å². The van der Waals surface area contributed by atoms with Crippen LogP contribution < -0.4 is 15.2 Å². The van der Waals surface area contributed by atoms with E-state index in [1.807, 2.05) is 18.2 Å². The number of benzene rings is 2. The SMILES string of the molecule is CCC(C)c1ccc(C(N)c2ccc(OC)cc2OC)cc1. The summed E-state index contributed by atoms with van der Waals surface area (Å²) in [6.45, 7) is 4.44. The Morgan fingerprint density at radius 2 is 1.59 bits per heavy atom. The van der Waals surface area contributed by atoms with Crippen LogP contribution in [0.1, 0.15) is 48.9 Å². The van der Waals surface area contributed by atoms with E-state index in [0.29, 0.717) is 5.92 Å². The molecule has 0 radical (unpaired) electrons. The third-order valence-corrected chi connectivity index (χ3v) is 4.25. The van der Waals surface area contributed by atoms with Crippen molar-refractivity contribution in [1.82, 2.24) is 0 Å². The van der Waals surface area contributed by atoms with E-state index in [-0.39, 0.29) is 6.04 Å². The zero-order valence-corrected chi connectivity index (χ0v) is 13.8. The van der Waals surface area contributed by atoms with Crippen LogP contribution in [-0.4, -0.2) is 14.2 Å². The predicted octanol–water partition coefficient (Wildman–Crippen LogP) is 4.27. The van der Waals surface area contributed by atoms with Gasteiger partial charge in [0.2, 0.25) is 0 Å². The predicted molar refractivity (Wildman–Crippen MR) is 90.7 cm³/mol. The zero-order chi connectivity index (χ0) is 16.1. The van der Waals surface area contributed by atoms with Crippen LogP contribution in [0.3, 0.4) is 0 Å². The number of nitrogens with two attached hydrogens (primary N) is 1. The number of hydrogen-bond acceptors (Lipinski definition) is 3. The van der Waals surface area contributed by atoms with Gasteiger partial charge in [-0.1, -0.05) is 38.1 Å². The van der Waals surface area contributed by atoms with E-state index in [9.17, 15) is 0 Å². The maximum Gasteiger partial charge on any atom is 0.127 e. The van der Waals surface area contributed by atoms with Gasteiger partial charge in [0, 0.05) is 11.6 Å². The Kier molecular flexibility index (Phi) is 5.45. The highest BCUT2D eigenvalue weighted by Gasteiger charge is 2.15. The molecule has 22 heavy (non-hydrogen) atoms. The van der Waals surface area contributed by atoms with Gasteiger partial charge in [-0.2, -0.15) is 0 Å². The molecular weight excluding hydrogens is 274 g/mol. The van der Waals surface area contributed by atoms with Crippen molar-refractivity contribution in [3.63, 3.8) is 0 Å². The number of hydrogen-bond donors (Lipinski definition) is 1. The van der Waals surface area contributed by atoms with Crippen molar-refractivity contribution < 1.29 is 9.47 Å². The molecule has 0 spiro atoms. The lowest BCUT2D eigenvalue weighted by atomic mass is 9.93. The second-order valence-corrected chi connectivity index (χ2v) is 5.56. The highest BCUT2D eigenvalue weighted by Crippen LogP contribution is 2.32. The fourth-order valence-electron chi connectivity index (χ4n) is 2.52. The standard InChI is InChI=1S/C19H25NO2/c1-5-13(2)14-6-8-15(9-7-14)19(20)17-11-10-16(21-3)12-18(17)22-4/h6-13,19H,5,20H2,1-4H3. The van der Waals surface area contributed by atoms with Crippen molar-refractivity contribution >= 4 is 0 Å². The Bertz CT molecular complexity index is 607. The molecule has 0 aromatic heterocycles. The molecule has 2 N–H and O–H groups in total. The molecule has 2 unspecified atom stereocenters.